The molecule has 0 bridgehead atoms. The second kappa shape index (κ2) is 10.0. The van der Waals surface area contributed by atoms with E-state index in [0.29, 0.717) is 23.7 Å². The summed E-state index contributed by atoms with van der Waals surface area (Å²) in [4.78, 5) is 40.0. The van der Waals surface area contributed by atoms with Crippen molar-refractivity contribution in [2.75, 3.05) is 26.8 Å². The lowest BCUT2D eigenvalue weighted by molar-refractivity contribution is -0.513. The molecule has 2 unspecified atom stereocenters. The summed E-state index contributed by atoms with van der Waals surface area (Å²) in [6, 6.07) is 6.79. The van der Waals surface area contributed by atoms with Crippen molar-refractivity contribution < 1.29 is 29.2 Å². The van der Waals surface area contributed by atoms with Crippen LogP contribution in [0, 0.1) is 0 Å². The van der Waals surface area contributed by atoms with Gasteiger partial charge in [-0.3, -0.25) is 25.3 Å². The molecule has 42 heavy (non-hydrogen) atoms. The summed E-state index contributed by atoms with van der Waals surface area (Å²) in [7, 11) is 1.51. The summed E-state index contributed by atoms with van der Waals surface area (Å²) in [5.41, 5.74) is 12.8. The van der Waals surface area contributed by atoms with E-state index in [0.717, 1.165) is 12.0 Å². The first-order valence-electron chi connectivity index (χ1n) is 13.9. The summed E-state index contributed by atoms with van der Waals surface area (Å²) in [6.45, 7) is 5.02. The predicted molar refractivity (Wildman–Crippen MR) is 152 cm³/mol. The van der Waals surface area contributed by atoms with Crippen LogP contribution in [0.15, 0.2) is 41.5 Å². The van der Waals surface area contributed by atoms with Gasteiger partial charge in [-0.05, 0) is 24.0 Å². The molecule has 5 atom stereocenters. The number of nitrogens with one attached hydrogen (secondary N) is 4. The number of hydrogen-bond acceptors (Lipinski definition) is 11. The number of carbonyl (C=O) groups is 2. The van der Waals surface area contributed by atoms with Gasteiger partial charge in [0.15, 0.2) is 12.0 Å². The second-order valence-electron chi connectivity index (χ2n) is 11.6. The Balaban J connectivity index is 1.22. The van der Waals surface area contributed by atoms with Crippen molar-refractivity contribution >= 4 is 23.7 Å². The molecule has 1 aromatic carbocycles. The highest BCUT2D eigenvalue weighted by Gasteiger charge is 2.68. The minimum absolute atomic E-state index is 0.0770. The van der Waals surface area contributed by atoms with Gasteiger partial charge in [0.1, 0.15) is 29.3 Å². The number of guanidine groups is 2. The molecule has 1 spiro atoms. The van der Waals surface area contributed by atoms with Gasteiger partial charge in [0.25, 0.3) is 11.8 Å². The molecule has 14 heteroatoms. The molecule has 6 rings (SSSR count). The van der Waals surface area contributed by atoms with Crippen LogP contribution >= 0.6 is 0 Å². The number of aliphatic imine (C=N–C) groups is 1. The number of fused-ring (bicyclic) bond motifs is 1. The Morgan fingerprint density at radius 1 is 1.29 bits per heavy atom. The first kappa shape index (κ1) is 27.6. The molecule has 2 aromatic rings. The number of hydrogen-bond donors (Lipinski definition) is 7. The monoisotopic (exact) mass is 578 g/mol. The standard InChI is InChI=1S/C28H35N9O5/c1-27(2)8-10-42-20-15(5-4-6-16(20)27)23(39)33-19-13-37-26(30)34-18(21-28(37,22(19)38)36-25(29)35-21)12-32-24(40)17-11-14(41-3)7-9-31-17/h4-7,9,11,18-19,21-22,38H,8,10,12-13H2,1-3H3,(H2,30,34)(H,32,40)(H,33,39)(H3,29,35,36)/p+1/t18-,19?,21-,22+,28?/m0/s1. The summed E-state index contributed by atoms with van der Waals surface area (Å²) in [6.07, 6.45) is 1.18. The molecule has 0 saturated carbocycles. The highest BCUT2D eigenvalue weighted by atomic mass is 16.5. The van der Waals surface area contributed by atoms with E-state index in [9.17, 15) is 14.7 Å². The van der Waals surface area contributed by atoms with Gasteiger partial charge in [0, 0.05) is 30.9 Å². The van der Waals surface area contributed by atoms with Gasteiger partial charge in [-0.1, -0.05) is 26.0 Å². The zero-order valence-corrected chi connectivity index (χ0v) is 23.7. The van der Waals surface area contributed by atoms with E-state index in [-0.39, 0.29) is 42.0 Å². The number of para-hydroxylation sites is 1. The molecule has 1 saturated heterocycles. The molecule has 0 aliphatic carbocycles. The number of ether oxygens (including phenoxy) is 2. The van der Waals surface area contributed by atoms with Gasteiger partial charge >= 0.3 is 5.96 Å². The molecular formula is C28H36N9O5+. The molecule has 4 aliphatic heterocycles. The first-order chi connectivity index (χ1) is 20.0. The van der Waals surface area contributed by atoms with E-state index in [1.807, 2.05) is 12.1 Å². The van der Waals surface area contributed by atoms with Crippen molar-refractivity contribution in [1.29, 1.82) is 0 Å². The van der Waals surface area contributed by atoms with Crippen LogP contribution in [0.2, 0.25) is 0 Å². The summed E-state index contributed by atoms with van der Waals surface area (Å²) >= 11 is 0. The molecule has 14 nitrogen and oxygen atoms in total. The lowest BCUT2D eigenvalue weighted by atomic mass is 9.79. The number of rotatable bonds is 6. The quantitative estimate of drug-likeness (QED) is 0.186. The van der Waals surface area contributed by atoms with E-state index in [4.69, 9.17) is 20.9 Å². The highest BCUT2D eigenvalue weighted by molar-refractivity contribution is 5.98. The van der Waals surface area contributed by atoms with Crippen LogP contribution in [0.1, 0.15) is 46.7 Å². The average molecular weight is 579 g/mol. The molecule has 5 heterocycles. The summed E-state index contributed by atoms with van der Waals surface area (Å²) in [5.74, 6) is 0.645. The maximum Gasteiger partial charge on any atom is 0.343 e. The lowest BCUT2D eigenvalue weighted by Gasteiger charge is -2.43. The number of amides is 2. The van der Waals surface area contributed by atoms with E-state index in [1.54, 1.807) is 17.0 Å². The molecule has 0 radical (unpaired) electrons. The number of methoxy groups -OCH3 is 1. The average Bonchev–Trinajstić information content (AvgIpc) is 3.47. The third kappa shape index (κ3) is 4.33. The minimum Gasteiger partial charge on any atom is -0.497 e. The predicted octanol–water partition coefficient (Wildman–Crippen LogP) is -2.88. The zero-order chi connectivity index (χ0) is 29.8. The topological polar surface area (TPSA) is 203 Å². The van der Waals surface area contributed by atoms with Gasteiger partial charge in [-0.25, -0.2) is 10.3 Å². The van der Waals surface area contributed by atoms with Gasteiger partial charge in [-0.15, -0.1) is 0 Å². The molecule has 2 amide bonds. The maximum absolute atomic E-state index is 13.6. The zero-order valence-electron chi connectivity index (χ0n) is 23.7. The first-order valence-corrected chi connectivity index (χ1v) is 13.9. The largest absolute Gasteiger partial charge is 0.497 e. The molecule has 1 fully saturated rings. The number of aliphatic hydroxyl groups excluding tert-OH is 1. The molecule has 9 N–H and O–H groups in total. The number of carbonyl (C=O) groups excluding carboxylic acids is 2. The maximum atomic E-state index is 13.6. The Kier molecular flexibility index (Phi) is 6.60. The van der Waals surface area contributed by atoms with Crippen molar-refractivity contribution in [3.8, 4) is 11.5 Å². The van der Waals surface area contributed by atoms with Crippen molar-refractivity contribution in [3.63, 3.8) is 0 Å². The van der Waals surface area contributed by atoms with Crippen LogP contribution in [0.25, 0.3) is 0 Å². The number of benzene rings is 1. The Morgan fingerprint density at radius 2 is 2.10 bits per heavy atom. The molecular weight excluding hydrogens is 542 g/mol. The number of nitrogens with two attached hydrogens (primary N) is 2. The van der Waals surface area contributed by atoms with Crippen LogP contribution in [0.4, 0.5) is 0 Å². The third-order valence-electron chi connectivity index (χ3n) is 8.69. The SMILES string of the molecule is COc1ccnc(C(=O)NC[C@@H]2N=C(N)N3CC(NC(=O)c4cccc5c4OCCC5(C)C)[C@@H](O)C34NC(N)=[NH+][C@@H]24)c1. The normalized spacial score (nSPS) is 28.6. The Hall–Kier alpha value is -4.59. The van der Waals surface area contributed by atoms with E-state index < -0.39 is 35.8 Å². The van der Waals surface area contributed by atoms with Crippen molar-refractivity contribution in [2.24, 2.45) is 16.5 Å². The van der Waals surface area contributed by atoms with Crippen molar-refractivity contribution in [1.82, 2.24) is 25.8 Å². The van der Waals surface area contributed by atoms with Gasteiger partial charge in [-0.2, -0.15) is 0 Å². The third-order valence-corrected chi connectivity index (χ3v) is 8.69. The van der Waals surface area contributed by atoms with Crippen LogP contribution in [-0.2, 0) is 5.41 Å². The number of nitrogens with zero attached hydrogens (tertiary/aromatic N) is 3. The number of pyridine rings is 1. The Labute approximate surface area is 242 Å². The van der Waals surface area contributed by atoms with Gasteiger partial charge in [0.2, 0.25) is 5.66 Å². The van der Waals surface area contributed by atoms with E-state index in [1.165, 1.54) is 19.4 Å². The molecule has 1 aromatic heterocycles. The molecule has 222 valence electrons. The van der Waals surface area contributed by atoms with Crippen LogP contribution < -0.4 is 41.9 Å². The Morgan fingerprint density at radius 3 is 2.88 bits per heavy atom. The van der Waals surface area contributed by atoms with E-state index >= 15 is 0 Å². The number of aliphatic hydroxyl groups is 1. The minimum atomic E-state index is -1.22. The lowest BCUT2D eigenvalue weighted by Crippen LogP contribution is -2.88. The summed E-state index contributed by atoms with van der Waals surface area (Å²) in [5, 5.41) is 20.7. The Bertz CT molecular complexity index is 1490. The van der Waals surface area contributed by atoms with Crippen LogP contribution in [-0.4, -0.2) is 95.4 Å². The van der Waals surface area contributed by atoms with Gasteiger partial charge < -0.3 is 35.8 Å². The number of aromatic nitrogens is 1. The summed E-state index contributed by atoms with van der Waals surface area (Å²) < 4.78 is 11.1. The van der Waals surface area contributed by atoms with E-state index in [2.05, 4.69) is 44.8 Å². The van der Waals surface area contributed by atoms with Crippen molar-refractivity contribution in [2.45, 2.75) is 55.6 Å². The fraction of sp³-hybridized carbons (Fsp3) is 0.464. The fourth-order valence-corrected chi connectivity index (χ4v) is 6.43. The highest BCUT2D eigenvalue weighted by Crippen LogP contribution is 2.41. The van der Waals surface area contributed by atoms with Gasteiger partial charge in [0.05, 0.1) is 25.3 Å². The van der Waals surface area contributed by atoms with Crippen LogP contribution in [0.5, 0.6) is 11.5 Å². The fourth-order valence-electron chi connectivity index (χ4n) is 6.43. The van der Waals surface area contributed by atoms with Crippen molar-refractivity contribution in [3.05, 3.63) is 53.3 Å². The molecule has 4 aliphatic rings. The second-order valence-corrected chi connectivity index (χ2v) is 11.6. The van der Waals surface area contributed by atoms with Crippen LogP contribution in [0.3, 0.4) is 0 Å². The smallest absolute Gasteiger partial charge is 0.343 e.